The van der Waals surface area contributed by atoms with E-state index in [0.29, 0.717) is 0 Å². The summed E-state index contributed by atoms with van der Waals surface area (Å²) >= 11 is 0. The van der Waals surface area contributed by atoms with E-state index in [9.17, 15) is 0 Å². The highest BCUT2D eigenvalue weighted by Crippen LogP contribution is 2.53. The van der Waals surface area contributed by atoms with Gasteiger partial charge in [-0.25, -0.2) is 0 Å². The molecule has 2 heteroatoms. The minimum absolute atomic E-state index is 0.167. The molecule has 0 aliphatic heterocycles. The van der Waals surface area contributed by atoms with Crippen LogP contribution in [0.5, 0.6) is 0 Å². The molecule has 10 aromatic rings. The Labute approximate surface area is 476 Å². The molecule has 0 N–H and O–H groups in total. The Bertz CT molecular complexity index is 3690. The van der Waals surface area contributed by atoms with Crippen LogP contribution in [0.3, 0.4) is 0 Å². The Morgan fingerprint density at radius 3 is 0.762 bits per heavy atom. The van der Waals surface area contributed by atoms with E-state index in [1.807, 2.05) is 0 Å². The summed E-state index contributed by atoms with van der Waals surface area (Å²) in [6, 6.07) is 73.5. The minimum atomic E-state index is -0.167. The largest absolute Gasteiger partial charge is 0.310 e. The zero-order valence-electron chi connectivity index (χ0n) is 48.7. The van der Waals surface area contributed by atoms with Crippen molar-refractivity contribution in [2.24, 2.45) is 0 Å². The number of fused-ring (bicyclic) bond motifs is 6. The molecule has 0 bridgehead atoms. The molecule has 0 radical (unpaired) electrons. The summed E-state index contributed by atoms with van der Waals surface area (Å²) in [5.74, 6) is 0. The van der Waals surface area contributed by atoms with Gasteiger partial charge in [-0.2, -0.15) is 0 Å². The summed E-state index contributed by atoms with van der Waals surface area (Å²) in [4.78, 5) is 4.87. The molecule has 2 aliphatic carbocycles. The highest BCUT2D eigenvalue weighted by molar-refractivity contribution is 5.89. The zero-order valence-corrected chi connectivity index (χ0v) is 48.7. The molecule has 0 fully saturated rings. The quantitative estimate of drug-likeness (QED) is 0.119. The Hall–Kier alpha value is -8.72. The monoisotopic (exact) mass is 1040 g/mol. The van der Waals surface area contributed by atoms with Crippen LogP contribution in [0.15, 0.2) is 194 Å². The fraction of sp³-hybridized carbons (Fsp3) is 0.179. The first-order chi connectivity index (χ1) is 38.3. The second-order valence-corrected chi connectivity index (χ2v) is 24.3. The molecule has 0 saturated carbocycles. The van der Waals surface area contributed by atoms with Crippen LogP contribution in [0.25, 0.3) is 57.7 Å². The van der Waals surface area contributed by atoms with Crippen molar-refractivity contribution in [2.45, 2.75) is 93.9 Å². The summed E-state index contributed by atoms with van der Waals surface area (Å²) in [6.07, 6.45) is 8.99. The Morgan fingerprint density at radius 2 is 0.475 bits per heavy atom. The lowest BCUT2D eigenvalue weighted by atomic mass is 9.81. The van der Waals surface area contributed by atoms with Gasteiger partial charge >= 0.3 is 0 Å². The molecule has 394 valence electrons. The number of rotatable bonds is 11. The van der Waals surface area contributed by atoms with E-state index in [1.54, 1.807) is 0 Å². The minimum Gasteiger partial charge on any atom is -0.310 e. The molecule has 0 aromatic heterocycles. The summed E-state index contributed by atoms with van der Waals surface area (Å²) in [5.41, 5.74) is 34.8. The highest BCUT2D eigenvalue weighted by atomic mass is 15.1. The van der Waals surface area contributed by atoms with E-state index in [-0.39, 0.29) is 10.8 Å². The molecule has 10 aromatic carbocycles. The zero-order chi connectivity index (χ0) is 55.8. The van der Waals surface area contributed by atoms with Crippen molar-refractivity contribution in [3.8, 4) is 33.4 Å². The van der Waals surface area contributed by atoms with Gasteiger partial charge in [-0.3, -0.25) is 0 Å². The van der Waals surface area contributed by atoms with E-state index in [2.05, 4.69) is 311 Å². The van der Waals surface area contributed by atoms with Gasteiger partial charge in [0.25, 0.3) is 0 Å². The average molecular weight is 1040 g/mol. The molecule has 0 atom stereocenters. The fourth-order valence-electron chi connectivity index (χ4n) is 13.1. The van der Waals surface area contributed by atoms with Gasteiger partial charge < -0.3 is 9.80 Å². The van der Waals surface area contributed by atoms with Gasteiger partial charge in [-0.1, -0.05) is 173 Å². The van der Waals surface area contributed by atoms with E-state index < -0.39 is 0 Å². The first-order valence-corrected chi connectivity index (χ1v) is 28.4. The van der Waals surface area contributed by atoms with Crippen LogP contribution in [0.1, 0.15) is 117 Å². The molecule has 80 heavy (non-hydrogen) atoms. The van der Waals surface area contributed by atoms with Crippen molar-refractivity contribution >= 4 is 58.4 Å². The van der Waals surface area contributed by atoms with Gasteiger partial charge in [0.05, 0.1) is 0 Å². The van der Waals surface area contributed by atoms with Gasteiger partial charge in [0.15, 0.2) is 0 Å². The summed E-state index contributed by atoms with van der Waals surface area (Å²) in [6.45, 7) is 27.0. The van der Waals surface area contributed by atoms with Crippen LogP contribution in [0.4, 0.5) is 34.1 Å². The van der Waals surface area contributed by atoms with Crippen molar-refractivity contribution in [1.29, 1.82) is 0 Å². The van der Waals surface area contributed by atoms with E-state index in [0.717, 1.165) is 0 Å². The molecule has 12 rings (SSSR count). The number of aryl methyl sites for hydroxylation is 8. The molecule has 2 aliphatic rings. The third-order valence-corrected chi connectivity index (χ3v) is 16.8. The Kier molecular flexibility index (Phi) is 13.1. The number of anilines is 6. The molecular weight excluding hydrogens is 965 g/mol. The van der Waals surface area contributed by atoms with Crippen molar-refractivity contribution in [3.05, 3.63) is 283 Å². The third kappa shape index (κ3) is 9.83. The fourth-order valence-corrected chi connectivity index (χ4v) is 13.1. The number of nitrogens with zero attached hydrogens (tertiary/aromatic N) is 2. The number of benzene rings is 10. The summed E-state index contributed by atoms with van der Waals surface area (Å²) in [5, 5.41) is 0. The first-order valence-electron chi connectivity index (χ1n) is 28.4. The lowest BCUT2D eigenvalue weighted by Crippen LogP contribution is -2.17. The topological polar surface area (TPSA) is 6.48 Å². The molecule has 0 unspecified atom stereocenters. The van der Waals surface area contributed by atoms with Gasteiger partial charge in [0, 0.05) is 45.0 Å². The van der Waals surface area contributed by atoms with Gasteiger partial charge in [-0.05, 0) is 251 Å². The molecule has 0 saturated heterocycles. The standard InChI is InChI=1S/C78H72N2/c1-49-33-50(2)38-65(37-49)79(66-39-51(3)34-52(4)40-66)63-27-31-71-69-29-21-59(45-73(69)77(9,10)75(71)47-63)15-13-57-17-23-61(24-18-57)62-25-19-58(20-26-62)14-16-60-22-30-70-72-32-28-64(48-76(72)78(11,12)74(70)46-60)80(67-41-53(5)35-54(6)42-67)68-43-55(7)36-56(8)44-68/h13-48H,1-12H3. The first kappa shape index (κ1) is 52.0. The van der Waals surface area contributed by atoms with Crippen LogP contribution < -0.4 is 9.80 Å². The van der Waals surface area contributed by atoms with E-state index in [1.165, 1.54) is 157 Å². The van der Waals surface area contributed by atoms with Crippen molar-refractivity contribution < 1.29 is 0 Å². The SMILES string of the molecule is Cc1cc(C)cc(N(c2cc(C)cc(C)c2)c2ccc3c(c2)C(C)(C)c2cc(C=Cc4ccc(-c5ccc(C=Cc6ccc7c(c6)C(C)(C)c6cc(N(c8cc(C)cc(C)c8)c8cc(C)cc(C)c8)ccc6-7)cc5)cc4)ccc2-3)c1. The third-order valence-electron chi connectivity index (χ3n) is 16.8. The normalized spacial score (nSPS) is 13.6. The van der Waals surface area contributed by atoms with Crippen LogP contribution in [0, 0.1) is 55.4 Å². The van der Waals surface area contributed by atoms with E-state index in [4.69, 9.17) is 0 Å². The summed E-state index contributed by atoms with van der Waals surface area (Å²) < 4.78 is 0. The van der Waals surface area contributed by atoms with Crippen molar-refractivity contribution in [1.82, 2.24) is 0 Å². The van der Waals surface area contributed by atoms with Crippen LogP contribution in [-0.2, 0) is 10.8 Å². The van der Waals surface area contributed by atoms with Crippen LogP contribution in [0.2, 0.25) is 0 Å². The maximum atomic E-state index is 2.44. The molecule has 0 amide bonds. The van der Waals surface area contributed by atoms with Crippen LogP contribution >= 0.6 is 0 Å². The van der Waals surface area contributed by atoms with Crippen molar-refractivity contribution in [3.63, 3.8) is 0 Å². The van der Waals surface area contributed by atoms with Gasteiger partial charge in [0.2, 0.25) is 0 Å². The number of hydrogen-bond acceptors (Lipinski definition) is 2. The van der Waals surface area contributed by atoms with E-state index >= 15 is 0 Å². The molecular formula is C78H72N2. The lowest BCUT2D eigenvalue weighted by Gasteiger charge is -2.29. The molecule has 0 spiro atoms. The molecule has 0 heterocycles. The van der Waals surface area contributed by atoms with Crippen molar-refractivity contribution in [2.75, 3.05) is 9.80 Å². The number of hydrogen-bond donors (Lipinski definition) is 0. The average Bonchev–Trinajstić information content (AvgIpc) is 3.81. The Balaban J connectivity index is 0.731. The van der Waals surface area contributed by atoms with Gasteiger partial charge in [-0.15, -0.1) is 0 Å². The van der Waals surface area contributed by atoms with Crippen LogP contribution in [-0.4, -0.2) is 0 Å². The van der Waals surface area contributed by atoms with Gasteiger partial charge in [0.1, 0.15) is 0 Å². The maximum Gasteiger partial charge on any atom is 0.0466 e. The maximum absolute atomic E-state index is 2.44. The highest BCUT2D eigenvalue weighted by Gasteiger charge is 2.38. The smallest absolute Gasteiger partial charge is 0.0466 e. The molecule has 2 nitrogen and oxygen atoms in total. The summed E-state index contributed by atoms with van der Waals surface area (Å²) in [7, 11) is 0. The predicted octanol–water partition coefficient (Wildman–Crippen LogP) is 21.7. The second-order valence-electron chi connectivity index (χ2n) is 24.3. The second kappa shape index (κ2) is 20.2. The predicted molar refractivity (Wildman–Crippen MR) is 345 cm³/mol. The Morgan fingerprint density at radius 1 is 0.237 bits per heavy atom. The lowest BCUT2D eigenvalue weighted by molar-refractivity contribution is 0.660.